The Hall–Kier alpha value is -2.22. The van der Waals surface area contributed by atoms with Gasteiger partial charge in [0.15, 0.2) is 0 Å². The molecule has 0 saturated heterocycles. The number of hydrogen-bond acceptors (Lipinski definition) is 5. The van der Waals surface area contributed by atoms with Crippen LogP contribution in [0, 0.1) is 6.92 Å². The smallest absolute Gasteiger partial charge is 0.267 e. The van der Waals surface area contributed by atoms with Gasteiger partial charge in [0.25, 0.3) is 11.8 Å². The normalized spacial score (nSPS) is 10.5. The van der Waals surface area contributed by atoms with Gasteiger partial charge >= 0.3 is 0 Å². The zero-order valence-corrected chi connectivity index (χ0v) is 15.8. The number of amides is 2. The molecule has 0 saturated carbocycles. The topological polar surface area (TPSA) is 71.1 Å². The molecule has 2 heterocycles. The number of thiazole rings is 1. The first-order valence-electron chi connectivity index (χ1n) is 7.34. The second-order valence-corrected chi connectivity index (χ2v) is 7.49. The number of aromatic nitrogens is 1. The predicted octanol–water partition coefficient (Wildman–Crippen LogP) is 4.45. The molecule has 0 aliphatic carbocycles. The molecule has 0 aliphatic rings. The molecule has 2 N–H and O–H groups in total. The van der Waals surface area contributed by atoms with Gasteiger partial charge in [-0.1, -0.05) is 17.7 Å². The molecule has 0 fully saturated rings. The lowest BCUT2D eigenvalue weighted by Crippen LogP contribution is -2.18. The Morgan fingerprint density at radius 2 is 2.00 bits per heavy atom. The molecule has 0 unspecified atom stereocenters. The zero-order chi connectivity index (χ0) is 18.0. The molecule has 128 valence electrons. The molecule has 2 aromatic heterocycles. The first-order chi connectivity index (χ1) is 12.0. The van der Waals surface area contributed by atoms with Gasteiger partial charge in [-0.05, 0) is 36.6 Å². The second kappa shape index (κ2) is 7.35. The van der Waals surface area contributed by atoms with E-state index in [1.54, 1.807) is 43.5 Å². The van der Waals surface area contributed by atoms with Crippen LogP contribution >= 0.6 is 34.3 Å². The van der Waals surface area contributed by atoms with E-state index in [1.165, 1.54) is 11.3 Å². The molecule has 3 aromatic rings. The van der Waals surface area contributed by atoms with Crippen molar-refractivity contribution in [1.29, 1.82) is 0 Å². The third-order valence-electron chi connectivity index (χ3n) is 3.44. The van der Waals surface area contributed by atoms with Crippen molar-refractivity contribution in [3.8, 4) is 9.88 Å². The lowest BCUT2D eigenvalue weighted by atomic mass is 10.2. The third-order valence-corrected chi connectivity index (χ3v) is 5.96. The fourth-order valence-electron chi connectivity index (χ4n) is 2.20. The Morgan fingerprint density at radius 3 is 2.68 bits per heavy atom. The Kier molecular flexibility index (Phi) is 5.17. The SMILES string of the molecule is CNC(=O)c1ccc(Cl)c(NC(=O)c2sc(-c3cccs3)nc2C)c1. The van der Waals surface area contributed by atoms with E-state index in [1.807, 2.05) is 17.5 Å². The molecule has 0 bridgehead atoms. The first-order valence-corrected chi connectivity index (χ1v) is 9.41. The molecule has 1 aromatic carbocycles. The summed E-state index contributed by atoms with van der Waals surface area (Å²) in [7, 11) is 1.54. The number of hydrogen-bond donors (Lipinski definition) is 2. The molecule has 2 amide bonds. The summed E-state index contributed by atoms with van der Waals surface area (Å²) in [4.78, 5) is 30.4. The summed E-state index contributed by atoms with van der Waals surface area (Å²) in [6.45, 7) is 1.80. The van der Waals surface area contributed by atoms with Crippen LogP contribution in [0.2, 0.25) is 5.02 Å². The molecule has 8 heteroatoms. The van der Waals surface area contributed by atoms with E-state index in [9.17, 15) is 9.59 Å². The summed E-state index contributed by atoms with van der Waals surface area (Å²) >= 11 is 9.05. The second-order valence-electron chi connectivity index (χ2n) is 5.14. The van der Waals surface area contributed by atoms with E-state index in [0.717, 1.165) is 9.88 Å². The maximum Gasteiger partial charge on any atom is 0.267 e. The van der Waals surface area contributed by atoms with Gasteiger partial charge in [-0.3, -0.25) is 9.59 Å². The first kappa shape index (κ1) is 17.6. The van der Waals surface area contributed by atoms with Crippen LogP contribution in [0.1, 0.15) is 25.7 Å². The average molecular weight is 392 g/mol. The highest BCUT2D eigenvalue weighted by Gasteiger charge is 2.18. The van der Waals surface area contributed by atoms with Gasteiger partial charge in [0.1, 0.15) is 9.88 Å². The van der Waals surface area contributed by atoms with E-state index in [4.69, 9.17) is 11.6 Å². The van der Waals surface area contributed by atoms with Gasteiger partial charge in [0.05, 0.1) is 21.3 Å². The monoisotopic (exact) mass is 391 g/mol. The fraction of sp³-hybridized carbons (Fsp3) is 0.118. The highest BCUT2D eigenvalue weighted by molar-refractivity contribution is 7.22. The van der Waals surface area contributed by atoms with E-state index >= 15 is 0 Å². The van der Waals surface area contributed by atoms with Crippen molar-refractivity contribution in [2.75, 3.05) is 12.4 Å². The minimum atomic E-state index is -0.297. The number of carbonyl (C=O) groups excluding carboxylic acids is 2. The Bertz CT molecular complexity index is 936. The maximum atomic E-state index is 12.6. The van der Waals surface area contributed by atoms with Gasteiger partial charge < -0.3 is 10.6 Å². The number of halogens is 1. The third kappa shape index (κ3) is 3.73. The zero-order valence-electron chi connectivity index (χ0n) is 13.4. The molecule has 3 rings (SSSR count). The lowest BCUT2D eigenvalue weighted by molar-refractivity contribution is 0.0961. The number of nitrogens with one attached hydrogen (secondary N) is 2. The number of nitrogens with zero attached hydrogens (tertiary/aromatic N) is 1. The molecule has 5 nitrogen and oxygen atoms in total. The van der Waals surface area contributed by atoms with Crippen LogP contribution in [0.4, 0.5) is 5.69 Å². The van der Waals surface area contributed by atoms with Crippen LogP contribution in [-0.2, 0) is 0 Å². The van der Waals surface area contributed by atoms with Crippen molar-refractivity contribution in [3.63, 3.8) is 0 Å². The standard InChI is InChI=1S/C17H14ClN3O2S2/c1-9-14(25-17(20-9)13-4-3-7-24-13)16(23)21-12-8-10(15(22)19-2)5-6-11(12)18/h3-8H,1-2H3,(H,19,22)(H,21,23). The van der Waals surface area contributed by atoms with E-state index in [0.29, 0.717) is 26.8 Å². The molecular formula is C17H14ClN3O2S2. The van der Waals surface area contributed by atoms with Crippen LogP contribution in [-0.4, -0.2) is 23.8 Å². The summed E-state index contributed by atoms with van der Waals surface area (Å²) in [6, 6.07) is 8.65. The minimum absolute atomic E-state index is 0.249. The maximum absolute atomic E-state index is 12.6. The van der Waals surface area contributed by atoms with Crippen molar-refractivity contribution in [2.24, 2.45) is 0 Å². The van der Waals surface area contributed by atoms with Crippen LogP contribution < -0.4 is 10.6 Å². The molecule has 0 atom stereocenters. The molecule has 0 aliphatic heterocycles. The predicted molar refractivity (Wildman–Crippen MR) is 103 cm³/mol. The summed E-state index contributed by atoms with van der Waals surface area (Å²) in [5.74, 6) is -0.546. The Balaban J connectivity index is 1.87. The van der Waals surface area contributed by atoms with Crippen molar-refractivity contribution in [2.45, 2.75) is 6.92 Å². The van der Waals surface area contributed by atoms with Crippen molar-refractivity contribution in [1.82, 2.24) is 10.3 Å². The number of rotatable bonds is 4. The number of benzene rings is 1. The van der Waals surface area contributed by atoms with Crippen molar-refractivity contribution >= 4 is 51.8 Å². The number of anilines is 1. The lowest BCUT2D eigenvalue weighted by Gasteiger charge is -2.08. The van der Waals surface area contributed by atoms with Crippen LogP contribution in [0.25, 0.3) is 9.88 Å². The van der Waals surface area contributed by atoms with E-state index in [-0.39, 0.29) is 11.8 Å². The highest BCUT2D eigenvalue weighted by Crippen LogP contribution is 2.32. The quantitative estimate of drug-likeness (QED) is 0.690. The Labute approximate surface area is 157 Å². The molecule has 0 radical (unpaired) electrons. The summed E-state index contributed by atoms with van der Waals surface area (Å²) in [5, 5.41) is 8.45. The van der Waals surface area contributed by atoms with Crippen molar-refractivity contribution in [3.05, 3.63) is 56.9 Å². The van der Waals surface area contributed by atoms with E-state index in [2.05, 4.69) is 15.6 Å². The van der Waals surface area contributed by atoms with Crippen molar-refractivity contribution < 1.29 is 9.59 Å². The van der Waals surface area contributed by atoms with Gasteiger partial charge in [-0.2, -0.15) is 0 Å². The van der Waals surface area contributed by atoms with E-state index < -0.39 is 0 Å². The van der Waals surface area contributed by atoms with Crippen LogP contribution in [0.3, 0.4) is 0 Å². The number of thiophene rings is 1. The summed E-state index contributed by atoms with van der Waals surface area (Å²) in [5.41, 5.74) is 1.46. The van der Waals surface area contributed by atoms with Crippen LogP contribution in [0.5, 0.6) is 0 Å². The molecule has 25 heavy (non-hydrogen) atoms. The van der Waals surface area contributed by atoms with Gasteiger partial charge in [-0.25, -0.2) is 4.98 Å². The number of carbonyl (C=O) groups is 2. The minimum Gasteiger partial charge on any atom is -0.355 e. The summed E-state index contributed by atoms with van der Waals surface area (Å²) in [6.07, 6.45) is 0. The van der Waals surface area contributed by atoms with Gasteiger partial charge in [0.2, 0.25) is 0 Å². The average Bonchev–Trinajstić information content (AvgIpc) is 3.25. The van der Waals surface area contributed by atoms with Gasteiger partial charge in [0, 0.05) is 12.6 Å². The highest BCUT2D eigenvalue weighted by atomic mass is 35.5. The van der Waals surface area contributed by atoms with Gasteiger partial charge in [-0.15, -0.1) is 22.7 Å². The fourth-order valence-corrected chi connectivity index (χ4v) is 4.12. The molecule has 0 spiro atoms. The largest absolute Gasteiger partial charge is 0.355 e. The molecular weight excluding hydrogens is 378 g/mol. The number of aryl methyl sites for hydroxylation is 1. The Morgan fingerprint density at radius 1 is 1.20 bits per heavy atom. The van der Waals surface area contributed by atoms with Crippen LogP contribution in [0.15, 0.2) is 35.7 Å². The summed E-state index contributed by atoms with van der Waals surface area (Å²) < 4.78 is 0.